The van der Waals surface area contributed by atoms with Crippen LogP contribution in [0.25, 0.3) is 0 Å². The summed E-state index contributed by atoms with van der Waals surface area (Å²) in [6.45, 7) is 6.72. The Morgan fingerprint density at radius 3 is 2.42 bits per heavy atom. The fourth-order valence-electron chi connectivity index (χ4n) is 2.91. The maximum absolute atomic E-state index is 6.21. The summed E-state index contributed by atoms with van der Waals surface area (Å²) in [5.74, 6) is 1.73. The van der Waals surface area contributed by atoms with Crippen LogP contribution in [-0.4, -0.2) is 6.04 Å². The number of halogens is 2. The van der Waals surface area contributed by atoms with Gasteiger partial charge < -0.3 is 5.32 Å². The van der Waals surface area contributed by atoms with Gasteiger partial charge in [-0.05, 0) is 78.1 Å². The van der Waals surface area contributed by atoms with Gasteiger partial charge in [-0.2, -0.15) is 0 Å². The smallest absolute Gasteiger partial charge is 0.0501 e. The molecule has 0 saturated heterocycles. The lowest BCUT2D eigenvalue weighted by Gasteiger charge is -2.32. The minimum Gasteiger partial charge on any atom is -0.381 e. The lowest BCUT2D eigenvalue weighted by atomic mass is 9.79. The van der Waals surface area contributed by atoms with Crippen molar-refractivity contribution in [3.05, 3.63) is 27.2 Å². The summed E-state index contributed by atoms with van der Waals surface area (Å²) in [6.07, 6.45) is 5.21. The number of hydrogen-bond donors (Lipinski definition) is 1. The Labute approximate surface area is 130 Å². The summed E-state index contributed by atoms with van der Waals surface area (Å²) in [7, 11) is 0. The number of rotatable bonds is 3. The first kappa shape index (κ1) is 15.2. The maximum atomic E-state index is 6.21. The zero-order chi connectivity index (χ0) is 14.0. The Morgan fingerprint density at radius 2 is 1.84 bits per heavy atom. The summed E-state index contributed by atoms with van der Waals surface area (Å²) >= 11 is 9.83. The molecule has 0 bridgehead atoms. The second-order valence-corrected chi connectivity index (χ2v) is 7.34. The molecule has 0 unspecified atom stereocenters. The van der Waals surface area contributed by atoms with Gasteiger partial charge in [0.05, 0.1) is 5.69 Å². The van der Waals surface area contributed by atoms with Crippen LogP contribution < -0.4 is 5.32 Å². The van der Waals surface area contributed by atoms with Crippen molar-refractivity contribution in [3.8, 4) is 0 Å². The van der Waals surface area contributed by atoms with Gasteiger partial charge in [0.1, 0.15) is 0 Å². The second kappa shape index (κ2) is 6.49. The second-order valence-electron chi connectivity index (χ2n) is 6.08. The van der Waals surface area contributed by atoms with E-state index in [1.54, 1.807) is 0 Å². The SMILES string of the molecule is Cc1cc(Br)c(NC2CCC(C(C)C)CC2)cc1Cl. The number of benzene rings is 1. The fourth-order valence-corrected chi connectivity index (χ4v) is 3.64. The average Bonchev–Trinajstić information content (AvgIpc) is 2.36. The Bertz CT molecular complexity index is 437. The minimum absolute atomic E-state index is 0.588. The molecule has 2 rings (SSSR count). The molecule has 1 N–H and O–H groups in total. The van der Waals surface area contributed by atoms with Gasteiger partial charge in [0.15, 0.2) is 0 Å². The Kier molecular flexibility index (Phi) is 5.19. The van der Waals surface area contributed by atoms with Crippen molar-refractivity contribution in [3.63, 3.8) is 0 Å². The third-order valence-electron chi connectivity index (χ3n) is 4.32. The topological polar surface area (TPSA) is 12.0 Å². The molecule has 0 atom stereocenters. The van der Waals surface area contributed by atoms with E-state index in [4.69, 9.17) is 11.6 Å². The van der Waals surface area contributed by atoms with Gasteiger partial charge in [0.2, 0.25) is 0 Å². The molecular weight excluding hydrogens is 322 g/mol. The molecule has 0 aliphatic heterocycles. The van der Waals surface area contributed by atoms with Crippen LogP contribution >= 0.6 is 27.5 Å². The lowest BCUT2D eigenvalue weighted by molar-refractivity contribution is 0.267. The van der Waals surface area contributed by atoms with E-state index in [1.807, 2.05) is 13.0 Å². The van der Waals surface area contributed by atoms with Crippen LogP contribution in [0.15, 0.2) is 16.6 Å². The molecular formula is C16H23BrClN. The largest absolute Gasteiger partial charge is 0.381 e. The fraction of sp³-hybridized carbons (Fsp3) is 0.625. The molecule has 1 saturated carbocycles. The summed E-state index contributed by atoms with van der Waals surface area (Å²) in [6, 6.07) is 4.71. The molecule has 19 heavy (non-hydrogen) atoms. The molecule has 106 valence electrons. The molecule has 0 aromatic heterocycles. The highest BCUT2D eigenvalue weighted by atomic mass is 79.9. The highest BCUT2D eigenvalue weighted by Gasteiger charge is 2.23. The Balaban J connectivity index is 1.98. The molecule has 0 heterocycles. The van der Waals surface area contributed by atoms with Gasteiger partial charge in [-0.1, -0.05) is 25.4 Å². The quantitative estimate of drug-likeness (QED) is 0.705. The number of nitrogens with one attached hydrogen (secondary N) is 1. The van der Waals surface area contributed by atoms with Crippen LogP contribution in [0.3, 0.4) is 0 Å². The number of aryl methyl sites for hydroxylation is 1. The first-order chi connectivity index (χ1) is 8.97. The summed E-state index contributed by atoms with van der Waals surface area (Å²) in [5.41, 5.74) is 2.24. The van der Waals surface area contributed by atoms with Crippen molar-refractivity contribution in [1.82, 2.24) is 0 Å². The van der Waals surface area contributed by atoms with Gasteiger partial charge in [-0.15, -0.1) is 0 Å². The first-order valence-corrected chi connectivity index (χ1v) is 8.36. The van der Waals surface area contributed by atoms with Crippen LogP contribution in [-0.2, 0) is 0 Å². The molecule has 1 nitrogen and oxygen atoms in total. The van der Waals surface area contributed by atoms with Gasteiger partial charge in [0, 0.05) is 15.5 Å². The van der Waals surface area contributed by atoms with Gasteiger partial charge in [0.25, 0.3) is 0 Å². The highest BCUT2D eigenvalue weighted by Crippen LogP contribution is 2.34. The van der Waals surface area contributed by atoms with Crippen LogP contribution in [0.4, 0.5) is 5.69 Å². The Hall–Kier alpha value is -0.210. The zero-order valence-electron chi connectivity index (χ0n) is 12.0. The summed E-state index contributed by atoms with van der Waals surface area (Å²) in [5, 5.41) is 4.48. The highest BCUT2D eigenvalue weighted by molar-refractivity contribution is 9.10. The average molecular weight is 345 g/mol. The lowest BCUT2D eigenvalue weighted by Crippen LogP contribution is -2.28. The monoisotopic (exact) mass is 343 g/mol. The van der Waals surface area contributed by atoms with Crippen molar-refractivity contribution in [1.29, 1.82) is 0 Å². The normalized spacial score (nSPS) is 23.7. The van der Waals surface area contributed by atoms with Gasteiger partial charge in [-0.3, -0.25) is 0 Å². The van der Waals surface area contributed by atoms with Crippen LogP contribution in [0.5, 0.6) is 0 Å². The van der Waals surface area contributed by atoms with Crippen LogP contribution in [0, 0.1) is 18.8 Å². The van der Waals surface area contributed by atoms with E-state index in [-0.39, 0.29) is 0 Å². The van der Waals surface area contributed by atoms with Crippen molar-refractivity contribution in [2.24, 2.45) is 11.8 Å². The number of anilines is 1. The molecule has 1 aromatic rings. The van der Waals surface area contributed by atoms with E-state index in [0.29, 0.717) is 6.04 Å². The van der Waals surface area contributed by atoms with Crippen molar-refractivity contribution in [2.45, 2.75) is 52.5 Å². The predicted octanol–water partition coefficient (Wildman–Crippen LogP) is 6.04. The molecule has 0 spiro atoms. The van der Waals surface area contributed by atoms with E-state index >= 15 is 0 Å². The molecule has 1 fully saturated rings. The number of hydrogen-bond acceptors (Lipinski definition) is 1. The van der Waals surface area contributed by atoms with Crippen LogP contribution in [0.2, 0.25) is 5.02 Å². The first-order valence-electron chi connectivity index (χ1n) is 7.19. The van der Waals surface area contributed by atoms with Gasteiger partial charge >= 0.3 is 0 Å². The summed E-state index contributed by atoms with van der Waals surface area (Å²) in [4.78, 5) is 0. The minimum atomic E-state index is 0.588. The predicted molar refractivity (Wildman–Crippen MR) is 88.1 cm³/mol. The zero-order valence-corrected chi connectivity index (χ0v) is 14.3. The molecule has 1 aliphatic rings. The van der Waals surface area contributed by atoms with Crippen molar-refractivity contribution >= 4 is 33.2 Å². The van der Waals surface area contributed by atoms with E-state index < -0.39 is 0 Å². The third-order valence-corrected chi connectivity index (χ3v) is 5.39. The standard InChI is InChI=1S/C16H23BrClN/c1-10(2)12-4-6-13(7-5-12)19-16-9-15(18)11(3)8-14(16)17/h8-10,12-13,19H,4-7H2,1-3H3. The molecule has 1 aromatic carbocycles. The van der Waals surface area contributed by atoms with Crippen molar-refractivity contribution in [2.75, 3.05) is 5.32 Å². The maximum Gasteiger partial charge on any atom is 0.0501 e. The molecule has 3 heteroatoms. The van der Waals surface area contributed by atoms with Crippen LogP contribution in [0.1, 0.15) is 45.1 Å². The molecule has 0 amide bonds. The summed E-state index contributed by atoms with van der Waals surface area (Å²) < 4.78 is 1.11. The van der Waals surface area contributed by atoms with E-state index in [1.165, 1.54) is 25.7 Å². The third kappa shape index (κ3) is 3.88. The molecule has 0 radical (unpaired) electrons. The van der Waals surface area contributed by atoms with E-state index in [0.717, 1.165) is 32.6 Å². The van der Waals surface area contributed by atoms with Gasteiger partial charge in [-0.25, -0.2) is 0 Å². The Morgan fingerprint density at radius 1 is 1.21 bits per heavy atom. The van der Waals surface area contributed by atoms with Crippen molar-refractivity contribution < 1.29 is 0 Å². The molecule has 1 aliphatic carbocycles. The van der Waals surface area contributed by atoms with E-state index in [2.05, 4.69) is 41.2 Å². The van der Waals surface area contributed by atoms with E-state index in [9.17, 15) is 0 Å².